The van der Waals surface area contributed by atoms with Gasteiger partial charge in [0, 0.05) is 34.8 Å². The van der Waals surface area contributed by atoms with Gasteiger partial charge in [0.25, 0.3) is 5.91 Å². The van der Waals surface area contributed by atoms with Gasteiger partial charge in [-0.2, -0.15) is 0 Å². The molecule has 1 saturated carbocycles. The van der Waals surface area contributed by atoms with E-state index in [0.717, 1.165) is 17.9 Å². The predicted octanol–water partition coefficient (Wildman–Crippen LogP) is 2.72. The number of hydrogen-bond donors (Lipinski definition) is 2. The number of carbonyl (C=O) groups excluding carboxylic acids is 2. The molecular weight excluding hydrogens is 342 g/mol. The van der Waals surface area contributed by atoms with Crippen molar-refractivity contribution in [3.63, 3.8) is 0 Å². The monoisotopic (exact) mass is 359 g/mol. The van der Waals surface area contributed by atoms with Crippen LogP contribution in [-0.4, -0.2) is 33.5 Å². The lowest BCUT2D eigenvalue weighted by molar-refractivity contribution is 0.0834. The number of hydrazine groups is 1. The number of nitrogens with two attached hydrogens (primary N) is 1. The van der Waals surface area contributed by atoms with Crippen molar-refractivity contribution in [2.45, 2.75) is 25.7 Å². The molecule has 2 aromatic rings. The molecule has 7 nitrogen and oxygen atoms in total. The van der Waals surface area contributed by atoms with Gasteiger partial charge in [0.05, 0.1) is 0 Å². The fourth-order valence-electron chi connectivity index (χ4n) is 2.45. The maximum absolute atomic E-state index is 12.7. The van der Waals surface area contributed by atoms with Crippen LogP contribution in [0.1, 0.15) is 42.0 Å². The summed E-state index contributed by atoms with van der Waals surface area (Å²) in [5, 5.41) is 1.51. The predicted molar refractivity (Wildman–Crippen MR) is 93.9 cm³/mol. The van der Waals surface area contributed by atoms with Gasteiger partial charge >= 0.3 is 6.03 Å². The average molecular weight is 360 g/mol. The third kappa shape index (κ3) is 3.71. The van der Waals surface area contributed by atoms with Crippen molar-refractivity contribution < 1.29 is 9.59 Å². The Kier molecular flexibility index (Phi) is 4.85. The number of hydrogen-bond acceptors (Lipinski definition) is 4. The van der Waals surface area contributed by atoms with E-state index in [9.17, 15) is 9.59 Å². The van der Waals surface area contributed by atoms with E-state index >= 15 is 0 Å². The van der Waals surface area contributed by atoms with E-state index in [1.165, 1.54) is 0 Å². The lowest BCUT2D eigenvalue weighted by Crippen LogP contribution is -2.48. The van der Waals surface area contributed by atoms with Crippen LogP contribution in [0, 0.1) is 0 Å². The molecular formula is C17H18ClN5O2. The minimum absolute atomic E-state index is 0.171. The number of amides is 3. The largest absolute Gasteiger partial charge is 0.350 e. The van der Waals surface area contributed by atoms with Gasteiger partial charge in [-0.1, -0.05) is 29.8 Å². The average Bonchev–Trinajstić information content (AvgIpc) is 3.44. The second-order valence-corrected chi connectivity index (χ2v) is 6.18. The molecule has 25 heavy (non-hydrogen) atoms. The number of nitrogens with one attached hydrogen (secondary N) is 1. The Balaban J connectivity index is 2.02. The van der Waals surface area contributed by atoms with E-state index in [2.05, 4.69) is 15.4 Å². The summed E-state index contributed by atoms with van der Waals surface area (Å²) in [6.45, 7) is 1.94. The van der Waals surface area contributed by atoms with Crippen molar-refractivity contribution >= 4 is 23.5 Å². The van der Waals surface area contributed by atoms with Crippen LogP contribution in [0.2, 0.25) is 5.02 Å². The van der Waals surface area contributed by atoms with E-state index in [0.29, 0.717) is 22.0 Å². The molecule has 3 rings (SSSR count). The van der Waals surface area contributed by atoms with Gasteiger partial charge in [0.2, 0.25) is 0 Å². The lowest BCUT2D eigenvalue weighted by Gasteiger charge is -2.20. The van der Waals surface area contributed by atoms with Crippen LogP contribution in [0.4, 0.5) is 4.79 Å². The van der Waals surface area contributed by atoms with Crippen LogP contribution < -0.4 is 11.2 Å². The third-order valence-electron chi connectivity index (χ3n) is 3.95. The van der Waals surface area contributed by atoms with Crippen LogP contribution in [-0.2, 0) is 0 Å². The summed E-state index contributed by atoms with van der Waals surface area (Å²) in [5.41, 5.74) is 9.07. The highest BCUT2D eigenvalue weighted by Crippen LogP contribution is 2.39. The van der Waals surface area contributed by atoms with Crippen LogP contribution in [0.15, 0.2) is 30.5 Å². The van der Waals surface area contributed by atoms with Gasteiger partial charge in [-0.05, 0) is 25.8 Å². The third-order valence-corrected chi connectivity index (χ3v) is 4.28. The zero-order chi connectivity index (χ0) is 18.0. The molecule has 1 aliphatic rings. The topological polar surface area (TPSA) is 101 Å². The van der Waals surface area contributed by atoms with Crippen LogP contribution in [0.3, 0.4) is 0 Å². The molecule has 3 N–H and O–H groups in total. The molecule has 1 aromatic carbocycles. The summed E-state index contributed by atoms with van der Waals surface area (Å²) in [7, 11) is 0. The number of carbonyl (C=O) groups is 2. The fourth-order valence-corrected chi connectivity index (χ4v) is 2.69. The van der Waals surface area contributed by atoms with Crippen molar-refractivity contribution in [2.24, 2.45) is 5.73 Å². The van der Waals surface area contributed by atoms with E-state index in [-0.39, 0.29) is 18.2 Å². The summed E-state index contributed by atoms with van der Waals surface area (Å²) < 4.78 is 0. The van der Waals surface area contributed by atoms with E-state index in [1.54, 1.807) is 31.3 Å². The number of halogens is 1. The molecule has 1 aliphatic carbocycles. The first-order chi connectivity index (χ1) is 12.0. The molecule has 130 valence electrons. The zero-order valence-electron chi connectivity index (χ0n) is 13.7. The normalized spacial score (nSPS) is 13.4. The minimum Gasteiger partial charge on any atom is -0.350 e. The first kappa shape index (κ1) is 17.2. The van der Waals surface area contributed by atoms with Gasteiger partial charge < -0.3 is 5.73 Å². The molecule has 1 aromatic heterocycles. The second-order valence-electron chi connectivity index (χ2n) is 5.77. The van der Waals surface area contributed by atoms with Crippen LogP contribution in [0.5, 0.6) is 0 Å². The number of benzene rings is 1. The van der Waals surface area contributed by atoms with Crippen molar-refractivity contribution in [1.29, 1.82) is 0 Å². The number of urea groups is 1. The van der Waals surface area contributed by atoms with E-state index < -0.39 is 11.9 Å². The van der Waals surface area contributed by atoms with E-state index in [4.69, 9.17) is 17.3 Å². The summed E-state index contributed by atoms with van der Waals surface area (Å²) in [4.78, 5) is 32.9. The summed E-state index contributed by atoms with van der Waals surface area (Å²) in [5.74, 6) is 0.383. The van der Waals surface area contributed by atoms with Gasteiger partial charge in [-0.15, -0.1) is 0 Å². The molecule has 0 bridgehead atoms. The summed E-state index contributed by atoms with van der Waals surface area (Å²) in [6.07, 6.45) is 3.63. The molecule has 0 unspecified atom stereocenters. The molecule has 0 saturated heterocycles. The van der Waals surface area contributed by atoms with E-state index in [1.807, 2.05) is 6.07 Å². The highest BCUT2D eigenvalue weighted by atomic mass is 35.5. The lowest BCUT2D eigenvalue weighted by atomic mass is 10.0. The molecule has 0 radical (unpaired) electrons. The Morgan fingerprint density at radius 3 is 2.64 bits per heavy atom. The smallest absolute Gasteiger partial charge is 0.333 e. The van der Waals surface area contributed by atoms with Crippen LogP contribution in [0.25, 0.3) is 11.1 Å². The number of aromatic nitrogens is 2. The van der Waals surface area contributed by atoms with Gasteiger partial charge in [0.15, 0.2) is 0 Å². The standard InChI is InChI=1S/C17H18ClN5O2/c1-2-23(17(19)25)22-16(24)14-12(11-5-3-4-6-13(11)18)9-20-15(21-14)10-7-8-10/h3-6,9-10H,2,7-8H2,1H3,(H2,19,25)(H,22,24). The molecule has 3 amide bonds. The fraction of sp³-hybridized carbons (Fsp3) is 0.294. The molecule has 1 heterocycles. The molecule has 8 heteroatoms. The first-order valence-corrected chi connectivity index (χ1v) is 8.38. The quantitative estimate of drug-likeness (QED) is 0.819. The highest BCUT2D eigenvalue weighted by molar-refractivity contribution is 6.33. The Labute approximate surface area is 150 Å². The van der Waals surface area contributed by atoms with Crippen molar-refractivity contribution in [1.82, 2.24) is 20.4 Å². The second kappa shape index (κ2) is 7.06. The molecule has 1 fully saturated rings. The summed E-state index contributed by atoms with van der Waals surface area (Å²) in [6, 6.07) is 6.40. The Bertz CT molecular complexity index is 822. The maximum atomic E-state index is 12.7. The molecule has 0 atom stereocenters. The van der Waals surface area contributed by atoms with Crippen molar-refractivity contribution in [3.8, 4) is 11.1 Å². The SMILES string of the molecule is CCN(NC(=O)c1nc(C2CC2)ncc1-c1ccccc1Cl)C(N)=O. The van der Waals surface area contributed by atoms with Gasteiger partial charge in [-0.3, -0.25) is 10.2 Å². The number of rotatable bonds is 4. The maximum Gasteiger partial charge on any atom is 0.333 e. The Morgan fingerprint density at radius 1 is 1.32 bits per heavy atom. The number of primary amides is 1. The first-order valence-electron chi connectivity index (χ1n) is 8.01. The molecule has 0 aliphatic heterocycles. The highest BCUT2D eigenvalue weighted by Gasteiger charge is 2.29. The van der Waals surface area contributed by atoms with Gasteiger partial charge in [-0.25, -0.2) is 19.8 Å². The number of nitrogens with zero attached hydrogens (tertiary/aromatic N) is 3. The van der Waals surface area contributed by atoms with Crippen molar-refractivity contribution in [2.75, 3.05) is 6.54 Å². The Morgan fingerprint density at radius 2 is 2.04 bits per heavy atom. The summed E-state index contributed by atoms with van der Waals surface area (Å²) >= 11 is 6.26. The van der Waals surface area contributed by atoms with Crippen LogP contribution >= 0.6 is 11.6 Å². The van der Waals surface area contributed by atoms with Gasteiger partial charge in [0.1, 0.15) is 11.5 Å². The Hall–Kier alpha value is -2.67. The zero-order valence-corrected chi connectivity index (χ0v) is 14.5. The minimum atomic E-state index is -0.744. The van der Waals surface area contributed by atoms with Crippen molar-refractivity contribution in [3.05, 3.63) is 47.0 Å². The molecule has 0 spiro atoms.